The molecule has 1 aromatic rings. The molecule has 0 radical (unpaired) electrons. The Hall–Kier alpha value is -1.09. The van der Waals surface area contributed by atoms with E-state index in [0.29, 0.717) is 12.0 Å². The number of rotatable bonds is 5. The zero-order valence-electron chi connectivity index (χ0n) is 12.8. The highest BCUT2D eigenvalue weighted by molar-refractivity contribution is 5.46. The van der Waals surface area contributed by atoms with Crippen molar-refractivity contribution in [3.05, 3.63) is 24.0 Å². The molecule has 1 fully saturated rings. The average Bonchev–Trinajstić information content (AvgIpc) is 2.42. The van der Waals surface area contributed by atoms with Crippen LogP contribution in [-0.4, -0.2) is 11.5 Å². The molecule has 1 aromatic heterocycles. The predicted molar refractivity (Wildman–Crippen MR) is 85.5 cm³/mol. The maximum absolute atomic E-state index is 6.19. The summed E-state index contributed by atoms with van der Waals surface area (Å²) in [6, 6.07) is 2.31. The summed E-state index contributed by atoms with van der Waals surface area (Å²) in [5, 5.41) is 3.72. The van der Waals surface area contributed by atoms with Crippen LogP contribution < -0.4 is 11.1 Å². The van der Waals surface area contributed by atoms with Crippen molar-refractivity contribution in [1.82, 2.24) is 10.3 Å². The number of hydrogen-bond donors (Lipinski definition) is 2. The monoisotopic (exact) mass is 275 g/mol. The molecule has 0 aromatic carbocycles. The first kappa shape index (κ1) is 15.3. The second-order valence-corrected chi connectivity index (χ2v) is 6.04. The minimum Gasteiger partial charge on any atom is -0.398 e. The van der Waals surface area contributed by atoms with Crippen molar-refractivity contribution in [2.24, 2.45) is 5.92 Å². The molecule has 1 unspecified atom stereocenters. The Bertz CT molecular complexity index is 384. The summed E-state index contributed by atoms with van der Waals surface area (Å²) in [4.78, 5) is 4.29. The van der Waals surface area contributed by atoms with Crippen LogP contribution in [0.15, 0.2) is 18.5 Å². The van der Waals surface area contributed by atoms with Gasteiger partial charge in [0.1, 0.15) is 0 Å². The van der Waals surface area contributed by atoms with Gasteiger partial charge in [-0.05, 0) is 37.8 Å². The highest BCUT2D eigenvalue weighted by Gasteiger charge is 2.24. The number of nitrogens with two attached hydrogens (primary N) is 1. The van der Waals surface area contributed by atoms with Gasteiger partial charge in [0.15, 0.2) is 0 Å². The van der Waals surface area contributed by atoms with E-state index >= 15 is 0 Å². The number of nitrogens with one attached hydrogen (secondary N) is 1. The van der Waals surface area contributed by atoms with Crippen LogP contribution in [0.5, 0.6) is 0 Å². The molecule has 0 amide bonds. The van der Waals surface area contributed by atoms with Gasteiger partial charge in [-0.2, -0.15) is 0 Å². The van der Waals surface area contributed by atoms with Crippen molar-refractivity contribution in [2.75, 3.05) is 12.3 Å². The molecule has 1 aliphatic carbocycles. The fourth-order valence-electron chi connectivity index (χ4n) is 3.33. The fraction of sp³-hybridized carbons (Fsp3) is 0.706. The smallest absolute Gasteiger partial charge is 0.0393 e. The lowest BCUT2D eigenvalue weighted by Gasteiger charge is -2.30. The van der Waals surface area contributed by atoms with E-state index in [1.165, 1.54) is 50.5 Å². The Labute approximate surface area is 123 Å². The summed E-state index contributed by atoms with van der Waals surface area (Å²) in [5.74, 6) is 0.702. The quantitative estimate of drug-likeness (QED) is 0.852. The largest absolute Gasteiger partial charge is 0.398 e. The number of anilines is 1. The van der Waals surface area contributed by atoms with E-state index in [2.05, 4.69) is 17.2 Å². The van der Waals surface area contributed by atoms with Gasteiger partial charge in [-0.15, -0.1) is 0 Å². The van der Waals surface area contributed by atoms with Gasteiger partial charge in [0.05, 0.1) is 0 Å². The number of pyridine rings is 1. The second-order valence-electron chi connectivity index (χ2n) is 6.04. The van der Waals surface area contributed by atoms with Crippen molar-refractivity contribution in [1.29, 1.82) is 0 Å². The first-order valence-corrected chi connectivity index (χ1v) is 8.25. The van der Waals surface area contributed by atoms with Crippen molar-refractivity contribution in [3.63, 3.8) is 0 Å². The minimum absolute atomic E-state index is 0.377. The third-order valence-corrected chi connectivity index (χ3v) is 4.46. The zero-order valence-corrected chi connectivity index (χ0v) is 12.8. The van der Waals surface area contributed by atoms with Gasteiger partial charge in [-0.1, -0.05) is 39.0 Å². The molecule has 3 nitrogen and oxygen atoms in total. The number of nitrogens with zero attached hydrogens (tertiary/aromatic N) is 1. The van der Waals surface area contributed by atoms with Gasteiger partial charge in [-0.3, -0.25) is 4.98 Å². The topological polar surface area (TPSA) is 50.9 Å². The second kappa shape index (κ2) is 8.25. The molecular weight excluding hydrogens is 246 g/mol. The van der Waals surface area contributed by atoms with Crippen LogP contribution in [-0.2, 0) is 0 Å². The number of aromatic nitrogens is 1. The van der Waals surface area contributed by atoms with E-state index in [4.69, 9.17) is 5.73 Å². The molecule has 1 aliphatic rings. The lowest BCUT2D eigenvalue weighted by Crippen LogP contribution is -2.30. The molecule has 2 rings (SSSR count). The van der Waals surface area contributed by atoms with Crippen molar-refractivity contribution >= 4 is 5.69 Å². The molecule has 1 heterocycles. The molecule has 3 N–H and O–H groups in total. The van der Waals surface area contributed by atoms with E-state index in [9.17, 15) is 0 Å². The first-order valence-electron chi connectivity index (χ1n) is 8.25. The summed E-state index contributed by atoms with van der Waals surface area (Å²) < 4.78 is 0. The van der Waals surface area contributed by atoms with E-state index in [-0.39, 0.29) is 0 Å². The maximum Gasteiger partial charge on any atom is 0.0393 e. The molecule has 0 bridgehead atoms. The molecule has 0 saturated heterocycles. The third kappa shape index (κ3) is 4.20. The van der Waals surface area contributed by atoms with Gasteiger partial charge in [0.2, 0.25) is 0 Å². The Morgan fingerprint density at radius 3 is 2.60 bits per heavy atom. The van der Waals surface area contributed by atoms with E-state index < -0.39 is 0 Å². The fourth-order valence-corrected chi connectivity index (χ4v) is 3.33. The highest BCUT2D eigenvalue weighted by Crippen LogP contribution is 2.34. The molecule has 1 saturated carbocycles. The molecule has 1 atom stereocenters. The van der Waals surface area contributed by atoms with Crippen LogP contribution in [0.25, 0.3) is 0 Å². The van der Waals surface area contributed by atoms with Crippen LogP contribution in [0.3, 0.4) is 0 Å². The zero-order chi connectivity index (χ0) is 14.2. The van der Waals surface area contributed by atoms with Gasteiger partial charge in [0, 0.05) is 29.7 Å². The summed E-state index contributed by atoms with van der Waals surface area (Å²) in [5.41, 5.74) is 8.28. The Morgan fingerprint density at radius 1 is 1.25 bits per heavy atom. The van der Waals surface area contributed by atoms with Crippen molar-refractivity contribution < 1.29 is 0 Å². The lowest BCUT2D eigenvalue weighted by atomic mass is 9.83. The summed E-state index contributed by atoms with van der Waals surface area (Å²) in [6.45, 7) is 3.27. The molecule has 112 valence electrons. The van der Waals surface area contributed by atoms with E-state index in [1.807, 2.05) is 12.3 Å². The summed E-state index contributed by atoms with van der Waals surface area (Å²) in [6.07, 6.45) is 14.4. The molecule has 0 aliphatic heterocycles. The van der Waals surface area contributed by atoms with E-state index in [1.54, 1.807) is 6.20 Å². The summed E-state index contributed by atoms with van der Waals surface area (Å²) >= 11 is 0. The Kier molecular flexibility index (Phi) is 6.31. The normalized spacial score (nSPS) is 19.2. The highest BCUT2D eigenvalue weighted by atomic mass is 14.9. The standard InChI is InChI=1S/C17H29N3/c1-2-11-20-17(15-13-19-12-10-16(15)18)14-8-6-4-3-5-7-9-14/h10,12-14,17,20H,2-9,11H2,1H3,(H2,18,19). The minimum atomic E-state index is 0.377. The van der Waals surface area contributed by atoms with Crippen LogP contribution in [0.2, 0.25) is 0 Å². The maximum atomic E-state index is 6.19. The van der Waals surface area contributed by atoms with Crippen molar-refractivity contribution in [3.8, 4) is 0 Å². The van der Waals surface area contributed by atoms with E-state index in [0.717, 1.165) is 18.7 Å². The summed E-state index contributed by atoms with van der Waals surface area (Å²) in [7, 11) is 0. The lowest BCUT2D eigenvalue weighted by molar-refractivity contribution is 0.289. The van der Waals surface area contributed by atoms with Gasteiger partial charge in [0.25, 0.3) is 0 Å². The Balaban J connectivity index is 2.14. The number of hydrogen-bond acceptors (Lipinski definition) is 3. The SMILES string of the molecule is CCCNC(c1cnccc1N)C1CCCCCCC1. The average molecular weight is 275 g/mol. The molecule has 3 heteroatoms. The predicted octanol–water partition coefficient (Wildman–Crippen LogP) is 4.07. The number of nitrogen functional groups attached to an aromatic ring is 1. The van der Waals surface area contributed by atoms with Gasteiger partial charge < -0.3 is 11.1 Å². The van der Waals surface area contributed by atoms with Crippen LogP contribution in [0, 0.1) is 5.92 Å². The molecular formula is C17H29N3. The molecule has 20 heavy (non-hydrogen) atoms. The van der Waals surface area contributed by atoms with Crippen molar-refractivity contribution in [2.45, 2.75) is 64.3 Å². The molecule has 0 spiro atoms. The van der Waals surface area contributed by atoms with Crippen LogP contribution in [0.1, 0.15) is 69.9 Å². The Morgan fingerprint density at radius 2 is 1.95 bits per heavy atom. The third-order valence-electron chi connectivity index (χ3n) is 4.46. The van der Waals surface area contributed by atoms with Crippen LogP contribution in [0.4, 0.5) is 5.69 Å². The first-order chi connectivity index (χ1) is 9.83. The van der Waals surface area contributed by atoms with Gasteiger partial charge >= 0.3 is 0 Å². The van der Waals surface area contributed by atoms with Crippen LogP contribution >= 0.6 is 0 Å². The van der Waals surface area contributed by atoms with Gasteiger partial charge in [-0.25, -0.2) is 0 Å².